The van der Waals surface area contributed by atoms with Gasteiger partial charge in [-0.3, -0.25) is 9.59 Å². The van der Waals surface area contributed by atoms with Gasteiger partial charge < -0.3 is 25.4 Å². The van der Waals surface area contributed by atoms with Gasteiger partial charge in [-0.2, -0.15) is 0 Å². The van der Waals surface area contributed by atoms with Crippen LogP contribution in [0.5, 0.6) is 11.5 Å². The second-order valence-corrected chi connectivity index (χ2v) is 8.34. The first-order valence-electron chi connectivity index (χ1n) is 8.90. The molecule has 0 atom stereocenters. The van der Waals surface area contributed by atoms with E-state index in [4.69, 9.17) is 9.47 Å². The van der Waals surface area contributed by atoms with Crippen LogP contribution in [-0.2, 0) is 16.1 Å². The molecule has 3 rings (SSSR count). The van der Waals surface area contributed by atoms with Crippen molar-refractivity contribution < 1.29 is 19.1 Å². The van der Waals surface area contributed by atoms with Crippen LogP contribution in [0.25, 0.3) is 0 Å². The van der Waals surface area contributed by atoms with E-state index in [1.54, 1.807) is 12.1 Å². The summed E-state index contributed by atoms with van der Waals surface area (Å²) in [5.74, 6) is 0.121. The van der Waals surface area contributed by atoms with E-state index in [-0.39, 0.29) is 30.5 Å². The maximum absolute atomic E-state index is 12.3. The topological polar surface area (TPSA) is 88.7 Å². The minimum Gasteiger partial charge on any atom is -0.454 e. The van der Waals surface area contributed by atoms with Gasteiger partial charge in [0.2, 0.25) is 6.79 Å². The van der Waals surface area contributed by atoms with Gasteiger partial charge >= 0.3 is 11.8 Å². The van der Waals surface area contributed by atoms with E-state index in [9.17, 15) is 9.59 Å². The Morgan fingerprint density at radius 1 is 1.08 bits per heavy atom. The van der Waals surface area contributed by atoms with Gasteiger partial charge in [0.05, 0.1) is 0 Å². The third kappa shape index (κ3) is 4.46. The highest BCUT2D eigenvalue weighted by Crippen LogP contribution is 2.32. The largest absolute Gasteiger partial charge is 0.454 e. The van der Waals surface area contributed by atoms with Crippen LogP contribution < -0.4 is 25.4 Å². The van der Waals surface area contributed by atoms with Crippen molar-refractivity contribution in [3.63, 3.8) is 0 Å². The molecule has 7 nitrogen and oxygen atoms in total. The fourth-order valence-corrected chi connectivity index (χ4v) is 3.99. The second kappa shape index (κ2) is 6.79. The summed E-state index contributed by atoms with van der Waals surface area (Å²) in [5, 5.41) is 9.09. The van der Waals surface area contributed by atoms with Gasteiger partial charge in [0.25, 0.3) is 0 Å². The van der Waals surface area contributed by atoms with E-state index in [0.29, 0.717) is 11.5 Å². The number of hydrogen-bond donors (Lipinski definition) is 3. The first kappa shape index (κ1) is 18.5. The SMILES string of the molecule is CC1(C)CC(NC(=O)C(=O)NCc2ccc3c(c2)OCO3)CC(C)(C)N1. The molecule has 0 spiro atoms. The Bertz CT molecular complexity index is 699. The zero-order valence-corrected chi connectivity index (χ0v) is 15.8. The van der Waals surface area contributed by atoms with Gasteiger partial charge in [0.15, 0.2) is 11.5 Å². The van der Waals surface area contributed by atoms with Crippen molar-refractivity contribution in [3.8, 4) is 11.5 Å². The summed E-state index contributed by atoms with van der Waals surface area (Å²) in [6.45, 7) is 8.88. The number of piperidine rings is 1. The zero-order chi connectivity index (χ0) is 18.9. The van der Waals surface area contributed by atoms with Gasteiger partial charge in [0.1, 0.15) is 0 Å². The lowest BCUT2D eigenvalue weighted by molar-refractivity contribution is -0.140. The van der Waals surface area contributed by atoms with Crippen LogP contribution in [0.2, 0.25) is 0 Å². The molecule has 2 aliphatic heterocycles. The molecule has 7 heteroatoms. The molecule has 0 unspecified atom stereocenters. The third-order valence-corrected chi connectivity index (χ3v) is 4.62. The second-order valence-electron chi connectivity index (χ2n) is 8.34. The highest BCUT2D eigenvalue weighted by molar-refractivity contribution is 6.35. The van der Waals surface area contributed by atoms with Crippen LogP contribution in [0.3, 0.4) is 0 Å². The van der Waals surface area contributed by atoms with Crippen LogP contribution in [0, 0.1) is 0 Å². The molecule has 3 N–H and O–H groups in total. The molecule has 0 saturated carbocycles. The van der Waals surface area contributed by atoms with Crippen molar-refractivity contribution >= 4 is 11.8 Å². The lowest BCUT2D eigenvalue weighted by Crippen LogP contribution is -2.62. The van der Waals surface area contributed by atoms with Gasteiger partial charge in [-0.25, -0.2) is 0 Å². The van der Waals surface area contributed by atoms with Crippen molar-refractivity contribution in [1.29, 1.82) is 0 Å². The Morgan fingerprint density at radius 3 is 2.42 bits per heavy atom. The van der Waals surface area contributed by atoms with Gasteiger partial charge in [-0.15, -0.1) is 0 Å². The average molecular weight is 361 g/mol. The Morgan fingerprint density at radius 2 is 1.73 bits per heavy atom. The van der Waals surface area contributed by atoms with E-state index < -0.39 is 11.8 Å². The molecule has 0 aromatic heterocycles. The molecule has 2 aliphatic rings. The van der Waals surface area contributed by atoms with Crippen molar-refractivity contribution in [2.75, 3.05) is 6.79 Å². The molecule has 0 radical (unpaired) electrons. The standard InChI is InChI=1S/C19H27N3O4/c1-18(2)8-13(9-19(3,4)22-18)21-17(24)16(23)20-10-12-5-6-14-15(7-12)26-11-25-14/h5-7,13,22H,8-11H2,1-4H3,(H,20,23)(H,21,24). The molecule has 2 amide bonds. The number of benzene rings is 1. The minimum atomic E-state index is -0.628. The predicted octanol–water partition coefficient (Wildman–Crippen LogP) is 1.46. The number of fused-ring (bicyclic) bond motifs is 1. The molecular weight excluding hydrogens is 334 g/mol. The number of ether oxygens (including phenoxy) is 2. The smallest absolute Gasteiger partial charge is 0.309 e. The van der Waals surface area contributed by atoms with Gasteiger partial charge in [-0.05, 0) is 58.2 Å². The first-order valence-corrected chi connectivity index (χ1v) is 8.90. The number of amides is 2. The zero-order valence-electron chi connectivity index (χ0n) is 15.8. The Kier molecular flexibility index (Phi) is 4.84. The maximum atomic E-state index is 12.3. The molecule has 142 valence electrons. The van der Waals surface area contributed by atoms with Gasteiger partial charge in [0, 0.05) is 23.7 Å². The van der Waals surface area contributed by atoms with Crippen molar-refractivity contribution in [2.45, 2.75) is 64.2 Å². The highest BCUT2D eigenvalue weighted by atomic mass is 16.7. The fourth-order valence-electron chi connectivity index (χ4n) is 3.99. The van der Waals surface area contributed by atoms with E-state index in [1.807, 2.05) is 6.07 Å². The molecule has 1 fully saturated rings. The fraction of sp³-hybridized carbons (Fsp3) is 0.579. The predicted molar refractivity (Wildman–Crippen MR) is 96.9 cm³/mol. The van der Waals surface area contributed by atoms with Gasteiger partial charge in [-0.1, -0.05) is 6.07 Å². The van der Waals surface area contributed by atoms with Crippen molar-refractivity contribution in [2.24, 2.45) is 0 Å². The summed E-state index contributed by atoms with van der Waals surface area (Å²) in [7, 11) is 0. The van der Waals surface area contributed by atoms with E-state index in [2.05, 4.69) is 43.6 Å². The highest BCUT2D eigenvalue weighted by Gasteiger charge is 2.38. The molecular formula is C19H27N3O4. The summed E-state index contributed by atoms with van der Waals surface area (Å²) in [4.78, 5) is 24.4. The monoisotopic (exact) mass is 361 g/mol. The third-order valence-electron chi connectivity index (χ3n) is 4.62. The summed E-state index contributed by atoms with van der Waals surface area (Å²) < 4.78 is 10.6. The number of nitrogens with one attached hydrogen (secondary N) is 3. The molecule has 26 heavy (non-hydrogen) atoms. The minimum absolute atomic E-state index is 0.0370. The normalized spacial score (nSPS) is 20.5. The molecule has 1 saturated heterocycles. The summed E-state index contributed by atoms with van der Waals surface area (Å²) >= 11 is 0. The van der Waals surface area contributed by atoms with E-state index in [0.717, 1.165) is 18.4 Å². The van der Waals surface area contributed by atoms with E-state index in [1.165, 1.54) is 0 Å². The van der Waals surface area contributed by atoms with E-state index >= 15 is 0 Å². The summed E-state index contributed by atoms with van der Waals surface area (Å²) in [5.41, 5.74) is 0.658. The summed E-state index contributed by atoms with van der Waals surface area (Å²) in [6, 6.07) is 5.40. The lowest BCUT2D eigenvalue weighted by atomic mass is 9.79. The summed E-state index contributed by atoms with van der Waals surface area (Å²) in [6.07, 6.45) is 1.55. The van der Waals surface area contributed by atoms with Crippen molar-refractivity contribution in [3.05, 3.63) is 23.8 Å². The Hall–Kier alpha value is -2.28. The number of carbonyl (C=O) groups is 2. The molecule has 2 heterocycles. The maximum Gasteiger partial charge on any atom is 0.309 e. The molecule has 0 aliphatic carbocycles. The Balaban J connectivity index is 1.52. The molecule has 1 aromatic carbocycles. The van der Waals surface area contributed by atoms with Crippen LogP contribution in [0.15, 0.2) is 18.2 Å². The number of hydrogen-bond acceptors (Lipinski definition) is 5. The Labute approximate surface area is 153 Å². The lowest BCUT2D eigenvalue weighted by Gasteiger charge is -2.46. The average Bonchev–Trinajstić information content (AvgIpc) is 2.96. The molecule has 0 bridgehead atoms. The quantitative estimate of drug-likeness (QED) is 0.710. The number of rotatable bonds is 3. The number of carbonyl (C=O) groups excluding carboxylic acids is 2. The van der Waals surface area contributed by atoms with Crippen molar-refractivity contribution in [1.82, 2.24) is 16.0 Å². The molecule has 1 aromatic rings. The van der Waals surface area contributed by atoms with Crippen LogP contribution >= 0.6 is 0 Å². The van der Waals surface area contributed by atoms with Crippen LogP contribution in [0.4, 0.5) is 0 Å². The van der Waals surface area contributed by atoms with Crippen LogP contribution in [-0.4, -0.2) is 35.7 Å². The van der Waals surface area contributed by atoms with Crippen LogP contribution in [0.1, 0.15) is 46.1 Å². The first-order chi connectivity index (χ1) is 12.1.